The first-order valence-electron chi connectivity index (χ1n) is 7.85. The van der Waals surface area contributed by atoms with Crippen LogP contribution < -0.4 is 20.5 Å². The first-order valence-corrected chi connectivity index (χ1v) is 7.85. The maximum atomic E-state index is 5.84. The normalized spacial score (nSPS) is 12.8. The Bertz CT molecular complexity index is 475. The topological polar surface area (TPSA) is 68.9 Å². The van der Waals surface area contributed by atoms with Crippen LogP contribution in [0, 0.1) is 5.92 Å². The van der Waals surface area contributed by atoms with Crippen LogP contribution in [0.15, 0.2) is 23.2 Å². The van der Waals surface area contributed by atoms with E-state index in [1.54, 1.807) is 14.2 Å². The van der Waals surface area contributed by atoms with Crippen LogP contribution in [0.2, 0.25) is 0 Å². The lowest BCUT2D eigenvalue weighted by atomic mass is 10.0. The summed E-state index contributed by atoms with van der Waals surface area (Å²) in [6.07, 6.45) is 3.18. The van der Waals surface area contributed by atoms with Crippen LogP contribution in [-0.2, 0) is 6.42 Å². The van der Waals surface area contributed by atoms with Gasteiger partial charge in [-0.1, -0.05) is 26.3 Å². The van der Waals surface area contributed by atoms with Crippen LogP contribution in [0.4, 0.5) is 0 Å². The van der Waals surface area contributed by atoms with Crippen molar-refractivity contribution in [1.82, 2.24) is 5.32 Å². The third-order valence-corrected chi connectivity index (χ3v) is 3.44. The number of nitrogens with two attached hydrogens (primary N) is 1. The van der Waals surface area contributed by atoms with Gasteiger partial charge >= 0.3 is 0 Å². The minimum absolute atomic E-state index is 0.407. The quantitative estimate of drug-likeness (QED) is 0.418. The number of nitrogens with one attached hydrogen (secondary N) is 1. The van der Waals surface area contributed by atoms with Crippen molar-refractivity contribution in [3.05, 3.63) is 23.8 Å². The molecule has 0 aliphatic carbocycles. The maximum Gasteiger partial charge on any atom is 0.188 e. The number of benzene rings is 1. The summed E-state index contributed by atoms with van der Waals surface area (Å²) >= 11 is 0. The zero-order valence-corrected chi connectivity index (χ0v) is 14.2. The summed E-state index contributed by atoms with van der Waals surface area (Å²) in [5.41, 5.74) is 7.05. The lowest BCUT2D eigenvalue weighted by molar-refractivity contribution is 0.354. The minimum atomic E-state index is 0.407. The van der Waals surface area contributed by atoms with Gasteiger partial charge in [0.05, 0.1) is 14.2 Å². The van der Waals surface area contributed by atoms with Gasteiger partial charge in [0.15, 0.2) is 17.5 Å². The Labute approximate surface area is 133 Å². The summed E-state index contributed by atoms with van der Waals surface area (Å²) in [4.78, 5) is 4.40. The maximum absolute atomic E-state index is 5.84. The van der Waals surface area contributed by atoms with E-state index in [0.29, 0.717) is 18.4 Å². The highest BCUT2D eigenvalue weighted by Gasteiger charge is 2.08. The first kappa shape index (κ1) is 18.1. The molecule has 22 heavy (non-hydrogen) atoms. The number of guanidine groups is 1. The predicted molar refractivity (Wildman–Crippen MR) is 91.8 cm³/mol. The van der Waals surface area contributed by atoms with Crippen LogP contribution >= 0.6 is 0 Å². The van der Waals surface area contributed by atoms with Gasteiger partial charge in [-0.25, -0.2) is 0 Å². The van der Waals surface area contributed by atoms with Crippen LogP contribution in [0.5, 0.6) is 11.5 Å². The van der Waals surface area contributed by atoms with Gasteiger partial charge < -0.3 is 20.5 Å². The van der Waals surface area contributed by atoms with Crippen molar-refractivity contribution in [2.24, 2.45) is 16.6 Å². The molecule has 0 saturated heterocycles. The van der Waals surface area contributed by atoms with Crippen molar-refractivity contribution in [2.75, 3.05) is 27.3 Å². The number of nitrogens with zero attached hydrogens (tertiary/aromatic N) is 1. The number of aliphatic imine (C=N–C) groups is 1. The number of hydrogen-bond donors (Lipinski definition) is 2. The highest BCUT2D eigenvalue weighted by Crippen LogP contribution is 2.28. The second-order valence-corrected chi connectivity index (χ2v) is 5.50. The van der Waals surface area contributed by atoms with E-state index in [4.69, 9.17) is 15.2 Å². The lowest BCUT2D eigenvalue weighted by Gasteiger charge is -2.13. The molecule has 0 aromatic heterocycles. The summed E-state index contributed by atoms with van der Waals surface area (Å²) in [5.74, 6) is 2.45. The molecule has 0 heterocycles. The second kappa shape index (κ2) is 9.92. The first-order chi connectivity index (χ1) is 10.6. The molecule has 3 N–H and O–H groups in total. The van der Waals surface area contributed by atoms with E-state index in [-0.39, 0.29) is 0 Å². The molecule has 0 saturated carbocycles. The molecule has 0 aliphatic rings. The molecule has 5 heteroatoms. The zero-order valence-electron chi connectivity index (χ0n) is 14.2. The molecule has 0 bridgehead atoms. The van der Waals surface area contributed by atoms with E-state index in [0.717, 1.165) is 37.3 Å². The molecule has 5 nitrogen and oxygen atoms in total. The fourth-order valence-electron chi connectivity index (χ4n) is 2.18. The SMILES string of the molecule is CCCCNC(N)=NCC(C)Cc1ccc(OC)c(OC)c1. The monoisotopic (exact) mass is 307 g/mol. The summed E-state index contributed by atoms with van der Waals surface area (Å²) in [7, 11) is 3.29. The highest BCUT2D eigenvalue weighted by molar-refractivity contribution is 5.77. The highest BCUT2D eigenvalue weighted by atomic mass is 16.5. The molecule has 1 aromatic carbocycles. The summed E-state index contributed by atoms with van der Waals surface area (Å²) in [5, 5.41) is 3.13. The van der Waals surface area contributed by atoms with Gasteiger partial charge in [0.2, 0.25) is 0 Å². The van der Waals surface area contributed by atoms with Crippen molar-refractivity contribution >= 4 is 5.96 Å². The van der Waals surface area contributed by atoms with Gasteiger partial charge in [-0.15, -0.1) is 0 Å². The fourth-order valence-corrected chi connectivity index (χ4v) is 2.18. The van der Waals surface area contributed by atoms with Gasteiger partial charge in [-0.3, -0.25) is 4.99 Å². The van der Waals surface area contributed by atoms with Crippen LogP contribution in [0.1, 0.15) is 32.3 Å². The Morgan fingerprint density at radius 2 is 2.00 bits per heavy atom. The Hall–Kier alpha value is -1.91. The number of ether oxygens (including phenoxy) is 2. The minimum Gasteiger partial charge on any atom is -0.493 e. The average Bonchev–Trinajstić information content (AvgIpc) is 2.53. The third kappa shape index (κ3) is 6.24. The van der Waals surface area contributed by atoms with Crippen molar-refractivity contribution < 1.29 is 9.47 Å². The largest absolute Gasteiger partial charge is 0.493 e. The van der Waals surface area contributed by atoms with Gasteiger partial charge in [0.1, 0.15) is 0 Å². The molecule has 0 amide bonds. The van der Waals surface area contributed by atoms with Crippen LogP contribution in [-0.4, -0.2) is 33.3 Å². The number of hydrogen-bond acceptors (Lipinski definition) is 3. The van der Waals surface area contributed by atoms with Crippen molar-refractivity contribution in [2.45, 2.75) is 33.1 Å². The Balaban J connectivity index is 2.51. The zero-order chi connectivity index (χ0) is 16.4. The molecule has 1 rings (SSSR count). The molecular formula is C17H29N3O2. The molecule has 0 spiro atoms. The third-order valence-electron chi connectivity index (χ3n) is 3.44. The summed E-state index contributed by atoms with van der Waals surface area (Å²) in [6.45, 7) is 5.91. The van der Waals surface area contributed by atoms with Gasteiger partial charge in [0, 0.05) is 13.1 Å². The molecule has 124 valence electrons. The van der Waals surface area contributed by atoms with Crippen molar-refractivity contribution in [3.63, 3.8) is 0 Å². The number of rotatable bonds is 9. The molecule has 0 fully saturated rings. The van der Waals surface area contributed by atoms with Gasteiger partial charge in [-0.05, 0) is 36.5 Å². The average molecular weight is 307 g/mol. The van der Waals surface area contributed by atoms with E-state index in [1.807, 2.05) is 12.1 Å². The Morgan fingerprint density at radius 1 is 1.27 bits per heavy atom. The molecule has 0 radical (unpaired) electrons. The Morgan fingerprint density at radius 3 is 2.64 bits per heavy atom. The van der Waals surface area contributed by atoms with Crippen LogP contribution in [0.3, 0.4) is 0 Å². The Kier molecular flexibility index (Phi) is 8.18. The molecule has 1 unspecified atom stereocenters. The van der Waals surface area contributed by atoms with E-state index in [2.05, 4.69) is 30.2 Å². The van der Waals surface area contributed by atoms with Gasteiger partial charge in [0.25, 0.3) is 0 Å². The van der Waals surface area contributed by atoms with Crippen molar-refractivity contribution in [3.8, 4) is 11.5 Å². The fraction of sp³-hybridized carbons (Fsp3) is 0.588. The molecule has 0 aliphatic heterocycles. The van der Waals surface area contributed by atoms with E-state index < -0.39 is 0 Å². The second-order valence-electron chi connectivity index (χ2n) is 5.50. The summed E-state index contributed by atoms with van der Waals surface area (Å²) < 4.78 is 10.6. The number of unbranched alkanes of at least 4 members (excludes halogenated alkanes) is 1. The molecule has 1 atom stereocenters. The van der Waals surface area contributed by atoms with Gasteiger partial charge in [-0.2, -0.15) is 0 Å². The molecule has 1 aromatic rings. The summed E-state index contributed by atoms with van der Waals surface area (Å²) in [6, 6.07) is 6.01. The smallest absolute Gasteiger partial charge is 0.188 e. The molecular weight excluding hydrogens is 278 g/mol. The lowest BCUT2D eigenvalue weighted by Crippen LogP contribution is -2.32. The van der Waals surface area contributed by atoms with Crippen molar-refractivity contribution in [1.29, 1.82) is 0 Å². The predicted octanol–water partition coefficient (Wildman–Crippen LogP) is 2.59. The number of methoxy groups -OCH3 is 2. The standard InChI is InChI=1S/C17H29N3O2/c1-5-6-9-19-17(18)20-12-13(2)10-14-7-8-15(21-3)16(11-14)22-4/h7-8,11,13H,5-6,9-10,12H2,1-4H3,(H3,18,19,20). The van der Waals surface area contributed by atoms with E-state index >= 15 is 0 Å². The van der Waals surface area contributed by atoms with Crippen LogP contribution in [0.25, 0.3) is 0 Å². The van der Waals surface area contributed by atoms with E-state index in [1.165, 1.54) is 5.56 Å². The van der Waals surface area contributed by atoms with E-state index in [9.17, 15) is 0 Å².